The number of thiophene rings is 3. The second-order valence-electron chi connectivity index (χ2n) is 14.3. The van der Waals surface area contributed by atoms with Gasteiger partial charge in [0.15, 0.2) is 0 Å². The molecule has 3 aromatic heterocycles. The van der Waals surface area contributed by atoms with Crippen molar-refractivity contribution >= 4 is 91.0 Å². The standard InChI is InChI=1S/C36H46B3N3O14S3/c43-22(16-34(47)48)7-10-29(41-32(45)20-26-5-2-14-58-26)38-54-24(18-36(50)55-38)9-12-30(42-33(46)21-27-6-3-15-59-27)39-53-23(17-35(49)56-39)8-11-28(37(51)52)40-31(44)19-25-4-1-13-57-25/h1-6,13-15,22-24,28-30,43,51-52H,7-12,16-21H2,(H,40,44)(H,41,45)(H,42,46)(H,47,48). The van der Waals surface area contributed by atoms with Gasteiger partial charge in [-0.25, -0.2) is 0 Å². The number of nitrogens with one attached hydrogen (secondary N) is 3. The third-order valence-electron chi connectivity index (χ3n) is 9.56. The average molecular weight is 873 g/mol. The van der Waals surface area contributed by atoms with Crippen LogP contribution in [0.2, 0.25) is 0 Å². The van der Waals surface area contributed by atoms with Crippen LogP contribution in [0, 0.1) is 0 Å². The Kier molecular flexibility index (Phi) is 18.0. The number of carbonyl (C=O) groups excluding carboxylic acids is 5. The fourth-order valence-electron chi connectivity index (χ4n) is 6.69. The number of carbonyl (C=O) groups is 6. The van der Waals surface area contributed by atoms with Crippen LogP contribution in [0.4, 0.5) is 0 Å². The SMILES string of the molecule is O=C(O)CC(O)CCC(NC(=O)Cc1cccs1)B1OC(=O)CC(CCC(NC(=O)Cc2cccs2)B2OC(=O)CC(CCC(NC(=O)Cc3cccs3)B(O)O)O2)O1. The van der Waals surface area contributed by atoms with Crippen LogP contribution in [-0.2, 0) is 66.6 Å². The molecule has 2 saturated heterocycles. The van der Waals surface area contributed by atoms with Crippen molar-refractivity contribution in [2.75, 3.05) is 0 Å². The highest BCUT2D eigenvalue weighted by Gasteiger charge is 2.45. The zero-order valence-electron chi connectivity index (χ0n) is 32.0. The molecule has 0 bridgehead atoms. The molecule has 5 heterocycles. The van der Waals surface area contributed by atoms with Crippen molar-refractivity contribution in [2.45, 2.75) is 113 Å². The summed E-state index contributed by atoms with van der Waals surface area (Å²) in [5, 5.41) is 53.3. The van der Waals surface area contributed by atoms with Gasteiger partial charge >= 0.3 is 27.3 Å². The number of aliphatic hydroxyl groups excluding tert-OH is 1. The molecule has 17 nitrogen and oxygen atoms in total. The maximum atomic E-state index is 13.3. The fraction of sp³-hybridized carbons (Fsp3) is 0.500. The first-order valence-corrected chi connectivity index (χ1v) is 21.8. The summed E-state index contributed by atoms with van der Waals surface area (Å²) >= 11 is 4.17. The van der Waals surface area contributed by atoms with Gasteiger partial charge in [-0.15, -0.1) is 34.0 Å². The maximum absolute atomic E-state index is 13.3. The van der Waals surface area contributed by atoms with Crippen LogP contribution in [0.25, 0.3) is 0 Å². The van der Waals surface area contributed by atoms with E-state index in [1.165, 1.54) is 34.0 Å². The Balaban J connectivity index is 1.24. The Hall–Kier alpha value is -4.09. The van der Waals surface area contributed by atoms with Crippen LogP contribution in [0.1, 0.15) is 72.4 Å². The Morgan fingerprint density at radius 1 is 0.695 bits per heavy atom. The molecule has 0 saturated carbocycles. The quantitative estimate of drug-likeness (QED) is 0.0663. The van der Waals surface area contributed by atoms with Gasteiger partial charge in [-0.3, -0.25) is 28.8 Å². The minimum absolute atomic E-state index is 0.0242. The summed E-state index contributed by atoms with van der Waals surface area (Å²) in [5.74, 6) is -6.54. The molecule has 2 aliphatic heterocycles. The molecule has 316 valence electrons. The average Bonchev–Trinajstić information content (AvgIpc) is 3.99. The molecule has 7 N–H and O–H groups in total. The summed E-state index contributed by atoms with van der Waals surface area (Å²) in [6.45, 7) is 0. The Bertz CT molecular complexity index is 1820. The van der Waals surface area contributed by atoms with Gasteiger partial charge in [-0.05, 0) is 72.9 Å². The predicted octanol–water partition coefficient (Wildman–Crippen LogP) is 1.26. The molecule has 0 aliphatic carbocycles. The van der Waals surface area contributed by atoms with Crippen LogP contribution >= 0.6 is 34.0 Å². The second-order valence-corrected chi connectivity index (χ2v) is 17.4. The third kappa shape index (κ3) is 15.8. The number of rotatable bonds is 23. The highest BCUT2D eigenvalue weighted by atomic mass is 32.1. The molecule has 5 rings (SSSR count). The molecule has 0 radical (unpaired) electrons. The van der Waals surface area contributed by atoms with Crippen molar-refractivity contribution in [3.8, 4) is 0 Å². The molecule has 0 spiro atoms. The van der Waals surface area contributed by atoms with E-state index in [-0.39, 0.29) is 76.5 Å². The van der Waals surface area contributed by atoms with Crippen molar-refractivity contribution in [3.63, 3.8) is 0 Å². The van der Waals surface area contributed by atoms with E-state index in [0.29, 0.717) is 0 Å². The highest BCUT2D eigenvalue weighted by molar-refractivity contribution is 7.10. The summed E-state index contributed by atoms with van der Waals surface area (Å²) in [4.78, 5) is 78.4. The minimum atomic E-state index is -1.88. The largest absolute Gasteiger partial charge is 0.551 e. The van der Waals surface area contributed by atoms with Crippen LogP contribution in [0.3, 0.4) is 0 Å². The Morgan fingerprint density at radius 3 is 1.56 bits per heavy atom. The van der Waals surface area contributed by atoms with Gasteiger partial charge in [-0.2, -0.15) is 0 Å². The lowest BCUT2D eigenvalue weighted by Gasteiger charge is -2.35. The van der Waals surface area contributed by atoms with Gasteiger partial charge < -0.3 is 54.8 Å². The zero-order valence-corrected chi connectivity index (χ0v) is 34.4. The van der Waals surface area contributed by atoms with E-state index in [9.17, 15) is 43.9 Å². The molecule has 3 aromatic rings. The highest BCUT2D eigenvalue weighted by Crippen LogP contribution is 2.25. The number of aliphatic carboxylic acids is 1. The van der Waals surface area contributed by atoms with Crippen molar-refractivity contribution in [1.29, 1.82) is 0 Å². The second kappa shape index (κ2) is 23.1. The molecule has 23 heteroatoms. The van der Waals surface area contributed by atoms with Gasteiger partial charge in [0.1, 0.15) is 0 Å². The predicted molar refractivity (Wildman–Crippen MR) is 219 cm³/mol. The zero-order chi connectivity index (χ0) is 42.3. The minimum Gasteiger partial charge on any atom is -0.508 e. The van der Waals surface area contributed by atoms with Crippen molar-refractivity contribution < 1.29 is 67.6 Å². The first kappa shape index (κ1) is 46.0. The molecule has 6 atom stereocenters. The van der Waals surface area contributed by atoms with Crippen molar-refractivity contribution in [2.24, 2.45) is 0 Å². The topological polar surface area (TPSA) is 256 Å². The smallest absolute Gasteiger partial charge is 0.508 e. The number of amides is 3. The summed E-state index contributed by atoms with van der Waals surface area (Å²) in [6.07, 6.45) is -3.14. The molecule has 59 heavy (non-hydrogen) atoms. The molecule has 3 amide bonds. The Labute approximate surface area is 353 Å². The van der Waals surface area contributed by atoms with Crippen LogP contribution in [-0.4, -0.2) is 113 Å². The molecule has 0 aromatic carbocycles. The first-order valence-electron chi connectivity index (χ1n) is 19.2. The number of carboxylic acids is 1. The lowest BCUT2D eigenvalue weighted by Crippen LogP contribution is -2.56. The lowest BCUT2D eigenvalue weighted by atomic mass is 9.71. The summed E-state index contributed by atoms with van der Waals surface area (Å²) in [6, 6.07) is 10.8. The molecule has 2 aliphatic rings. The van der Waals surface area contributed by atoms with E-state index in [1.807, 2.05) is 22.2 Å². The number of carboxylic acid groups (broad SMARTS) is 1. The summed E-state index contributed by atoms with van der Waals surface area (Å²) in [7, 11) is -4.44. The van der Waals surface area contributed by atoms with Crippen LogP contribution < -0.4 is 16.0 Å². The van der Waals surface area contributed by atoms with E-state index in [0.717, 1.165) is 14.6 Å². The number of hydrogen-bond acceptors (Lipinski definition) is 16. The van der Waals surface area contributed by atoms with E-state index >= 15 is 0 Å². The first-order chi connectivity index (χ1) is 28.3. The van der Waals surface area contributed by atoms with Gasteiger partial charge in [-0.1, -0.05) is 18.2 Å². The van der Waals surface area contributed by atoms with Gasteiger partial charge in [0.2, 0.25) is 17.7 Å². The van der Waals surface area contributed by atoms with Gasteiger partial charge in [0.25, 0.3) is 11.9 Å². The molecular formula is C36H46B3N3O14S3. The summed E-state index contributed by atoms with van der Waals surface area (Å²) in [5.41, 5.74) is 0. The number of aliphatic hydroxyl groups is 1. The lowest BCUT2D eigenvalue weighted by molar-refractivity contribution is -0.143. The number of hydrogen-bond donors (Lipinski definition) is 7. The molecule has 6 unspecified atom stereocenters. The van der Waals surface area contributed by atoms with Crippen LogP contribution in [0.15, 0.2) is 52.5 Å². The maximum Gasteiger partial charge on any atom is 0.551 e. The van der Waals surface area contributed by atoms with E-state index in [1.54, 1.807) is 30.3 Å². The molecular weight excluding hydrogens is 827 g/mol. The Morgan fingerprint density at radius 2 is 1.14 bits per heavy atom. The molecule has 2 fully saturated rings. The fourth-order valence-corrected chi connectivity index (χ4v) is 8.81. The van der Waals surface area contributed by atoms with Gasteiger partial charge in [0, 0.05) is 14.6 Å². The van der Waals surface area contributed by atoms with E-state index in [2.05, 4.69) is 16.0 Å². The van der Waals surface area contributed by atoms with Crippen molar-refractivity contribution in [3.05, 3.63) is 67.2 Å². The van der Waals surface area contributed by atoms with Crippen LogP contribution in [0.5, 0.6) is 0 Å². The van der Waals surface area contributed by atoms with Crippen molar-refractivity contribution in [1.82, 2.24) is 16.0 Å². The van der Waals surface area contributed by atoms with E-state index < -0.39 is 93.6 Å². The van der Waals surface area contributed by atoms with E-state index in [4.69, 9.17) is 23.7 Å². The monoisotopic (exact) mass is 873 g/mol. The third-order valence-corrected chi connectivity index (χ3v) is 12.2. The normalized spacial score (nSPS) is 18.8. The summed E-state index contributed by atoms with van der Waals surface area (Å²) < 4.78 is 23.5. The van der Waals surface area contributed by atoms with Gasteiger partial charge in [0.05, 0.1) is 74.7 Å².